The molecule has 0 radical (unpaired) electrons. The van der Waals surface area contributed by atoms with E-state index in [4.69, 9.17) is 15.2 Å². The first kappa shape index (κ1) is 15.6. The third-order valence-electron chi connectivity index (χ3n) is 2.93. The van der Waals surface area contributed by atoms with Crippen LogP contribution in [-0.4, -0.2) is 12.6 Å². The maximum Gasteiger partial charge on any atom is 0.338 e. The molecule has 0 aliphatic rings. The fourth-order valence-corrected chi connectivity index (χ4v) is 1.81. The minimum Gasteiger partial charge on any atom is -0.487 e. The van der Waals surface area contributed by atoms with Gasteiger partial charge in [0, 0.05) is 0 Å². The molecule has 2 aromatic rings. The Bertz CT molecular complexity index is 665. The molecule has 0 amide bonds. The van der Waals surface area contributed by atoms with Crippen molar-refractivity contribution in [1.29, 1.82) is 0 Å². The highest BCUT2D eigenvalue weighted by atomic mass is 16.5. The third kappa shape index (κ3) is 4.38. The first-order valence-electron chi connectivity index (χ1n) is 6.94. The van der Waals surface area contributed by atoms with E-state index in [2.05, 4.69) is 6.58 Å². The molecule has 2 rings (SSSR count). The maximum atomic E-state index is 12.0. The molecule has 0 saturated heterocycles. The zero-order valence-electron chi connectivity index (χ0n) is 12.5. The molecule has 114 valence electrons. The van der Waals surface area contributed by atoms with Crippen LogP contribution >= 0.6 is 0 Å². The molecule has 0 aliphatic heterocycles. The molecule has 0 fully saturated rings. The lowest BCUT2D eigenvalue weighted by molar-refractivity contribution is 0.0473. The fourth-order valence-electron chi connectivity index (χ4n) is 1.81. The molecule has 0 bridgehead atoms. The summed E-state index contributed by atoms with van der Waals surface area (Å²) < 4.78 is 10.7. The largest absolute Gasteiger partial charge is 0.487 e. The zero-order chi connectivity index (χ0) is 15.9. The van der Waals surface area contributed by atoms with E-state index in [9.17, 15) is 4.79 Å². The Morgan fingerprint density at radius 3 is 2.55 bits per heavy atom. The third-order valence-corrected chi connectivity index (χ3v) is 2.93. The summed E-state index contributed by atoms with van der Waals surface area (Å²) in [6, 6.07) is 14.4. The van der Waals surface area contributed by atoms with Gasteiger partial charge < -0.3 is 15.2 Å². The van der Waals surface area contributed by atoms with Crippen molar-refractivity contribution in [2.45, 2.75) is 13.5 Å². The molecule has 22 heavy (non-hydrogen) atoms. The average Bonchev–Trinajstić information content (AvgIpc) is 2.52. The molecule has 2 N–H and O–H groups in total. The van der Waals surface area contributed by atoms with Gasteiger partial charge in [0.1, 0.15) is 19.0 Å². The van der Waals surface area contributed by atoms with Gasteiger partial charge in [-0.15, -0.1) is 0 Å². The van der Waals surface area contributed by atoms with Crippen LogP contribution in [0.2, 0.25) is 0 Å². The van der Waals surface area contributed by atoms with Crippen molar-refractivity contribution in [3.05, 3.63) is 71.8 Å². The van der Waals surface area contributed by atoms with Gasteiger partial charge in [-0.05, 0) is 36.3 Å². The van der Waals surface area contributed by atoms with E-state index >= 15 is 0 Å². The van der Waals surface area contributed by atoms with E-state index < -0.39 is 5.97 Å². The van der Waals surface area contributed by atoms with Gasteiger partial charge in [-0.25, -0.2) is 4.79 Å². The summed E-state index contributed by atoms with van der Waals surface area (Å²) in [6.45, 7) is 6.25. The summed E-state index contributed by atoms with van der Waals surface area (Å²) >= 11 is 0. The van der Waals surface area contributed by atoms with Gasteiger partial charge >= 0.3 is 5.97 Å². The van der Waals surface area contributed by atoms with Crippen molar-refractivity contribution in [2.24, 2.45) is 0 Å². The summed E-state index contributed by atoms with van der Waals surface area (Å²) in [4.78, 5) is 12.0. The lowest BCUT2D eigenvalue weighted by atomic mass is 10.2. The van der Waals surface area contributed by atoms with Crippen molar-refractivity contribution >= 4 is 11.7 Å². The second-order valence-electron chi connectivity index (χ2n) is 5.06. The summed E-state index contributed by atoms with van der Waals surface area (Å²) in [5.41, 5.74) is 8.52. The van der Waals surface area contributed by atoms with E-state index in [1.54, 1.807) is 18.2 Å². The number of carbonyl (C=O) groups is 1. The molecule has 0 spiro atoms. The number of ether oxygens (including phenoxy) is 2. The van der Waals surface area contributed by atoms with Crippen LogP contribution in [0.5, 0.6) is 5.75 Å². The second kappa shape index (κ2) is 7.31. The number of anilines is 1. The Labute approximate surface area is 130 Å². The predicted molar refractivity (Wildman–Crippen MR) is 86.7 cm³/mol. The second-order valence-corrected chi connectivity index (χ2v) is 5.06. The number of nitrogens with two attached hydrogens (primary N) is 1. The van der Waals surface area contributed by atoms with E-state index in [1.807, 2.05) is 37.3 Å². The maximum absolute atomic E-state index is 12.0. The number of carbonyl (C=O) groups excluding carboxylic acids is 1. The Morgan fingerprint density at radius 1 is 1.18 bits per heavy atom. The van der Waals surface area contributed by atoms with Crippen LogP contribution in [0.1, 0.15) is 22.8 Å². The van der Waals surface area contributed by atoms with Crippen LogP contribution in [0.15, 0.2) is 60.7 Å². The van der Waals surface area contributed by atoms with Gasteiger partial charge in [-0.1, -0.05) is 36.9 Å². The Kier molecular flexibility index (Phi) is 5.20. The number of hydrogen-bond donors (Lipinski definition) is 1. The van der Waals surface area contributed by atoms with Gasteiger partial charge in [0.05, 0.1) is 11.3 Å². The molecular weight excluding hydrogens is 278 g/mol. The lowest BCUT2D eigenvalue weighted by Gasteiger charge is -2.10. The molecule has 0 atom stereocenters. The minimum absolute atomic E-state index is 0.230. The number of hydrogen-bond acceptors (Lipinski definition) is 4. The zero-order valence-corrected chi connectivity index (χ0v) is 12.5. The minimum atomic E-state index is -0.415. The summed E-state index contributed by atoms with van der Waals surface area (Å²) in [5.74, 6) is 0.115. The first-order chi connectivity index (χ1) is 10.6. The molecule has 0 heterocycles. The first-order valence-corrected chi connectivity index (χ1v) is 6.94. The van der Waals surface area contributed by atoms with Crippen molar-refractivity contribution in [3.8, 4) is 5.75 Å². The van der Waals surface area contributed by atoms with Crippen LogP contribution in [-0.2, 0) is 11.3 Å². The van der Waals surface area contributed by atoms with Gasteiger partial charge in [0.2, 0.25) is 0 Å². The monoisotopic (exact) mass is 297 g/mol. The summed E-state index contributed by atoms with van der Waals surface area (Å²) in [5, 5.41) is 0. The van der Waals surface area contributed by atoms with Crippen molar-refractivity contribution in [1.82, 2.24) is 0 Å². The van der Waals surface area contributed by atoms with Crippen molar-refractivity contribution < 1.29 is 14.3 Å². The Balaban J connectivity index is 1.98. The molecule has 4 nitrogen and oxygen atoms in total. The lowest BCUT2D eigenvalue weighted by Crippen LogP contribution is -2.07. The van der Waals surface area contributed by atoms with E-state index in [-0.39, 0.29) is 6.61 Å². The SMILES string of the molecule is C=C(C)COc1ccc(C(=O)OCc2ccccc2)cc1N. The number of rotatable bonds is 6. The molecule has 4 heteroatoms. The average molecular weight is 297 g/mol. The van der Waals surface area contributed by atoms with Crippen LogP contribution in [0, 0.1) is 0 Å². The van der Waals surface area contributed by atoms with E-state index in [0.29, 0.717) is 23.6 Å². The molecule has 0 unspecified atom stereocenters. The number of esters is 1. The quantitative estimate of drug-likeness (QED) is 0.503. The van der Waals surface area contributed by atoms with Crippen LogP contribution in [0.3, 0.4) is 0 Å². The van der Waals surface area contributed by atoms with E-state index in [1.165, 1.54) is 0 Å². The van der Waals surface area contributed by atoms with Crippen LogP contribution < -0.4 is 10.5 Å². The molecule has 0 aromatic heterocycles. The Hall–Kier alpha value is -2.75. The molecular formula is C18H19NO3. The van der Waals surface area contributed by atoms with Crippen molar-refractivity contribution in [2.75, 3.05) is 12.3 Å². The van der Waals surface area contributed by atoms with Crippen LogP contribution in [0.25, 0.3) is 0 Å². The number of nitrogen functional groups attached to an aromatic ring is 1. The number of benzene rings is 2. The smallest absolute Gasteiger partial charge is 0.338 e. The molecule has 0 aliphatic carbocycles. The summed E-state index contributed by atoms with van der Waals surface area (Å²) in [7, 11) is 0. The Morgan fingerprint density at radius 2 is 1.91 bits per heavy atom. The summed E-state index contributed by atoms with van der Waals surface area (Å²) in [6.07, 6.45) is 0. The fraction of sp³-hybridized carbons (Fsp3) is 0.167. The molecule has 2 aromatic carbocycles. The normalized spacial score (nSPS) is 10.0. The van der Waals surface area contributed by atoms with E-state index in [0.717, 1.165) is 11.1 Å². The highest BCUT2D eigenvalue weighted by Gasteiger charge is 2.10. The van der Waals surface area contributed by atoms with Gasteiger partial charge in [0.15, 0.2) is 0 Å². The van der Waals surface area contributed by atoms with Gasteiger partial charge in [-0.3, -0.25) is 0 Å². The molecule has 0 saturated carbocycles. The predicted octanol–water partition coefficient (Wildman–Crippen LogP) is 3.58. The van der Waals surface area contributed by atoms with Crippen molar-refractivity contribution in [3.63, 3.8) is 0 Å². The van der Waals surface area contributed by atoms with Gasteiger partial charge in [-0.2, -0.15) is 0 Å². The standard InChI is InChI=1S/C18H19NO3/c1-13(2)11-21-17-9-8-15(10-16(17)19)18(20)22-12-14-6-4-3-5-7-14/h3-10H,1,11-12,19H2,2H3. The highest BCUT2D eigenvalue weighted by Crippen LogP contribution is 2.23. The van der Waals surface area contributed by atoms with Gasteiger partial charge in [0.25, 0.3) is 0 Å². The topological polar surface area (TPSA) is 61.5 Å². The highest BCUT2D eigenvalue weighted by molar-refractivity contribution is 5.91. The van der Waals surface area contributed by atoms with Crippen LogP contribution in [0.4, 0.5) is 5.69 Å².